The van der Waals surface area contributed by atoms with Crippen LogP contribution in [-0.4, -0.2) is 18.1 Å². The Hall–Kier alpha value is -3.51. The number of hydrogen-bond acceptors (Lipinski definition) is 4. The second-order valence-corrected chi connectivity index (χ2v) is 6.43. The van der Waals surface area contributed by atoms with E-state index in [0.717, 1.165) is 5.56 Å². The number of para-hydroxylation sites is 1. The summed E-state index contributed by atoms with van der Waals surface area (Å²) in [7, 11) is 1.60. The average Bonchev–Trinajstić information content (AvgIpc) is 3.11. The Bertz CT molecular complexity index is 1160. The van der Waals surface area contributed by atoms with Gasteiger partial charge in [-0.2, -0.15) is 0 Å². The third-order valence-corrected chi connectivity index (χ3v) is 4.30. The highest BCUT2D eigenvalue weighted by Crippen LogP contribution is 2.32. The predicted octanol–water partition coefficient (Wildman–Crippen LogP) is 5.80. The zero-order valence-electron chi connectivity index (χ0n) is 14.9. The van der Waals surface area contributed by atoms with E-state index in [2.05, 4.69) is 15.6 Å². The Morgan fingerprint density at radius 3 is 2.57 bits per heavy atom. The number of halogens is 1. The number of nitrogens with one attached hydrogen (secondary N) is 2. The zero-order chi connectivity index (χ0) is 19.5. The molecule has 0 unspecified atom stereocenters. The van der Waals surface area contributed by atoms with Gasteiger partial charge in [0.1, 0.15) is 11.3 Å². The third-order valence-electron chi connectivity index (χ3n) is 4.07. The van der Waals surface area contributed by atoms with E-state index in [1.165, 1.54) is 0 Å². The molecule has 0 bridgehead atoms. The van der Waals surface area contributed by atoms with Crippen LogP contribution in [0.1, 0.15) is 0 Å². The van der Waals surface area contributed by atoms with Crippen molar-refractivity contribution in [2.24, 2.45) is 0 Å². The fourth-order valence-electron chi connectivity index (χ4n) is 2.80. The van der Waals surface area contributed by atoms with Gasteiger partial charge in [0.2, 0.25) is 5.89 Å². The summed E-state index contributed by atoms with van der Waals surface area (Å²) >= 11 is 5.93. The van der Waals surface area contributed by atoms with Gasteiger partial charge in [-0.15, -0.1) is 0 Å². The van der Waals surface area contributed by atoms with E-state index in [4.69, 9.17) is 20.8 Å². The van der Waals surface area contributed by atoms with Crippen molar-refractivity contribution in [2.75, 3.05) is 17.7 Å². The van der Waals surface area contributed by atoms with Gasteiger partial charge in [-0.3, -0.25) is 0 Å². The number of methoxy groups -OCH3 is 1. The molecule has 0 radical (unpaired) electrons. The summed E-state index contributed by atoms with van der Waals surface area (Å²) in [5, 5.41) is 6.04. The van der Waals surface area contributed by atoms with Crippen LogP contribution in [0.2, 0.25) is 5.02 Å². The lowest BCUT2D eigenvalue weighted by Crippen LogP contribution is -2.19. The molecule has 0 atom stereocenters. The lowest BCUT2D eigenvalue weighted by Gasteiger charge is -2.07. The second-order valence-electron chi connectivity index (χ2n) is 5.99. The number of rotatable bonds is 4. The maximum Gasteiger partial charge on any atom is 0.323 e. The van der Waals surface area contributed by atoms with Crippen LogP contribution < -0.4 is 15.4 Å². The molecule has 4 aromatic rings. The molecule has 1 aromatic heterocycles. The molecule has 2 amide bonds. The number of amides is 2. The maximum atomic E-state index is 12.2. The van der Waals surface area contributed by atoms with Gasteiger partial charge in [0.15, 0.2) is 5.58 Å². The first kappa shape index (κ1) is 17.9. The van der Waals surface area contributed by atoms with Gasteiger partial charge in [0.25, 0.3) is 0 Å². The van der Waals surface area contributed by atoms with Gasteiger partial charge in [0, 0.05) is 22.5 Å². The monoisotopic (exact) mass is 393 g/mol. The number of aromatic nitrogens is 1. The first-order valence-corrected chi connectivity index (χ1v) is 8.88. The molecule has 1 heterocycles. The average molecular weight is 394 g/mol. The van der Waals surface area contributed by atoms with E-state index in [0.29, 0.717) is 39.1 Å². The minimum atomic E-state index is -0.383. The van der Waals surface area contributed by atoms with Crippen LogP contribution in [0.4, 0.5) is 16.2 Å². The van der Waals surface area contributed by atoms with E-state index in [-0.39, 0.29) is 6.03 Å². The maximum absolute atomic E-state index is 12.2. The summed E-state index contributed by atoms with van der Waals surface area (Å²) in [6.07, 6.45) is 0. The van der Waals surface area contributed by atoms with Gasteiger partial charge in [-0.1, -0.05) is 29.8 Å². The molecule has 0 aliphatic carbocycles. The van der Waals surface area contributed by atoms with Crippen molar-refractivity contribution < 1.29 is 13.9 Å². The van der Waals surface area contributed by atoms with Gasteiger partial charge >= 0.3 is 6.03 Å². The van der Waals surface area contributed by atoms with Crippen molar-refractivity contribution in [1.82, 2.24) is 4.98 Å². The molecule has 2 N–H and O–H groups in total. The van der Waals surface area contributed by atoms with Crippen LogP contribution in [0.5, 0.6) is 5.75 Å². The Morgan fingerprint density at radius 2 is 1.79 bits per heavy atom. The second kappa shape index (κ2) is 7.62. The van der Waals surface area contributed by atoms with Crippen molar-refractivity contribution in [2.45, 2.75) is 0 Å². The van der Waals surface area contributed by atoms with Gasteiger partial charge in [0.05, 0.1) is 12.7 Å². The van der Waals surface area contributed by atoms with Crippen molar-refractivity contribution in [3.63, 3.8) is 0 Å². The first-order chi connectivity index (χ1) is 13.6. The molecule has 28 heavy (non-hydrogen) atoms. The molecule has 0 spiro atoms. The van der Waals surface area contributed by atoms with E-state index in [1.54, 1.807) is 49.6 Å². The number of nitrogens with zero attached hydrogens (tertiary/aromatic N) is 1. The van der Waals surface area contributed by atoms with E-state index < -0.39 is 0 Å². The van der Waals surface area contributed by atoms with E-state index in [9.17, 15) is 4.79 Å². The number of hydrogen-bond donors (Lipinski definition) is 2. The minimum Gasteiger partial charge on any atom is -0.496 e. The quantitative estimate of drug-likeness (QED) is 0.459. The summed E-state index contributed by atoms with van der Waals surface area (Å²) in [5.41, 5.74) is 3.18. The van der Waals surface area contributed by atoms with Crippen LogP contribution in [0.3, 0.4) is 0 Å². The highest BCUT2D eigenvalue weighted by atomic mass is 35.5. The minimum absolute atomic E-state index is 0.383. The number of carbonyl (C=O) groups excluding carboxylic acids is 1. The van der Waals surface area contributed by atoms with Gasteiger partial charge in [-0.05, 0) is 42.5 Å². The van der Waals surface area contributed by atoms with Crippen LogP contribution >= 0.6 is 11.6 Å². The Morgan fingerprint density at radius 1 is 1.00 bits per heavy atom. The number of fused-ring (bicyclic) bond motifs is 1. The Balaban J connectivity index is 1.55. The van der Waals surface area contributed by atoms with Gasteiger partial charge in [-0.25, -0.2) is 9.78 Å². The number of carbonyl (C=O) groups is 1. The molecule has 140 valence electrons. The summed E-state index contributed by atoms with van der Waals surface area (Å²) in [6.45, 7) is 0. The smallest absolute Gasteiger partial charge is 0.323 e. The molecule has 0 aliphatic rings. The molecular formula is C21H16ClN3O3. The summed E-state index contributed by atoms with van der Waals surface area (Å²) in [4.78, 5) is 16.7. The summed E-state index contributed by atoms with van der Waals surface area (Å²) in [6, 6.07) is 19.3. The van der Waals surface area contributed by atoms with Crippen LogP contribution in [0.15, 0.2) is 71.1 Å². The molecule has 0 saturated carbocycles. The van der Waals surface area contributed by atoms with Crippen molar-refractivity contribution in [3.8, 4) is 17.2 Å². The SMILES string of the molecule is COc1ccccc1-c1nc2ccc(NC(=O)Nc3cccc(Cl)c3)cc2o1. The molecule has 0 aliphatic heterocycles. The lowest BCUT2D eigenvalue weighted by molar-refractivity contribution is 0.262. The van der Waals surface area contributed by atoms with E-state index in [1.807, 2.05) is 24.3 Å². The number of ether oxygens (including phenoxy) is 1. The number of anilines is 2. The summed E-state index contributed by atoms with van der Waals surface area (Å²) < 4.78 is 11.2. The molecule has 0 saturated heterocycles. The largest absolute Gasteiger partial charge is 0.496 e. The molecule has 3 aromatic carbocycles. The van der Waals surface area contributed by atoms with Crippen molar-refractivity contribution >= 4 is 40.1 Å². The molecule has 4 rings (SSSR count). The Kier molecular flexibility index (Phi) is 4.87. The van der Waals surface area contributed by atoms with Crippen molar-refractivity contribution in [1.29, 1.82) is 0 Å². The van der Waals surface area contributed by atoms with Crippen LogP contribution in [0.25, 0.3) is 22.6 Å². The third kappa shape index (κ3) is 3.77. The zero-order valence-corrected chi connectivity index (χ0v) is 15.7. The fourth-order valence-corrected chi connectivity index (χ4v) is 2.99. The molecule has 7 heteroatoms. The Labute approximate surface area is 166 Å². The van der Waals surface area contributed by atoms with Crippen molar-refractivity contribution in [3.05, 3.63) is 71.8 Å². The highest BCUT2D eigenvalue weighted by molar-refractivity contribution is 6.30. The number of urea groups is 1. The predicted molar refractivity (Wildman–Crippen MR) is 110 cm³/mol. The lowest BCUT2D eigenvalue weighted by atomic mass is 10.2. The highest BCUT2D eigenvalue weighted by Gasteiger charge is 2.13. The standard InChI is InChI=1S/C21H16ClN3O3/c1-27-18-8-3-2-7-16(18)20-25-17-10-9-15(12-19(17)28-20)24-21(26)23-14-6-4-5-13(22)11-14/h2-12H,1H3,(H2,23,24,26). The van der Waals surface area contributed by atoms with Crippen LogP contribution in [0, 0.1) is 0 Å². The first-order valence-electron chi connectivity index (χ1n) is 8.50. The molecule has 6 nitrogen and oxygen atoms in total. The number of oxazole rings is 1. The number of benzene rings is 3. The molecule has 0 fully saturated rings. The van der Waals surface area contributed by atoms with Gasteiger partial charge < -0.3 is 19.8 Å². The normalized spacial score (nSPS) is 10.6. The summed E-state index contributed by atoms with van der Waals surface area (Å²) in [5.74, 6) is 1.13. The van der Waals surface area contributed by atoms with E-state index >= 15 is 0 Å². The molecular weight excluding hydrogens is 378 g/mol. The van der Waals surface area contributed by atoms with Crippen LogP contribution in [-0.2, 0) is 0 Å². The fraction of sp³-hybridized carbons (Fsp3) is 0.0476. The topological polar surface area (TPSA) is 76.4 Å².